The van der Waals surface area contributed by atoms with Crippen LogP contribution in [0.2, 0.25) is 0 Å². The average molecular weight is 271 g/mol. The molecule has 2 aliphatic carbocycles. The van der Waals surface area contributed by atoms with Gasteiger partial charge in [0.25, 0.3) is 0 Å². The SMILES string of the molecule is BrC1CCCC(CCC2=CCCCC2)C1. The normalized spacial score (nSPS) is 32.5. The highest BCUT2D eigenvalue weighted by molar-refractivity contribution is 9.09. The van der Waals surface area contributed by atoms with E-state index in [1.54, 1.807) is 5.57 Å². The Balaban J connectivity index is 1.70. The molecule has 2 aliphatic rings. The highest BCUT2D eigenvalue weighted by Crippen LogP contribution is 2.33. The maximum atomic E-state index is 3.78. The minimum atomic E-state index is 0.816. The van der Waals surface area contributed by atoms with Gasteiger partial charge in [-0.05, 0) is 57.3 Å². The molecule has 0 bridgehead atoms. The second-order valence-electron chi connectivity index (χ2n) is 5.28. The molecule has 15 heavy (non-hydrogen) atoms. The fraction of sp³-hybridized carbons (Fsp3) is 0.857. The lowest BCUT2D eigenvalue weighted by molar-refractivity contribution is 0.347. The molecule has 0 radical (unpaired) electrons. The Morgan fingerprint density at radius 2 is 2.13 bits per heavy atom. The Morgan fingerprint density at radius 3 is 2.87 bits per heavy atom. The molecule has 2 rings (SSSR count). The summed E-state index contributed by atoms with van der Waals surface area (Å²) in [6.45, 7) is 0. The van der Waals surface area contributed by atoms with Crippen LogP contribution in [0.15, 0.2) is 11.6 Å². The molecular weight excluding hydrogens is 248 g/mol. The number of hydrogen-bond acceptors (Lipinski definition) is 0. The van der Waals surface area contributed by atoms with Crippen LogP contribution in [0.3, 0.4) is 0 Å². The molecule has 0 heterocycles. The van der Waals surface area contributed by atoms with Gasteiger partial charge >= 0.3 is 0 Å². The van der Waals surface area contributed by atoms with E-state index in [-0.39, 0.29) is 0 Å². The summed E-state index contributed by atoms with van der Waals surface area (Å²) in [6.07, 6.45) is 16.7. The van der Waals surface area contributed by atoms with Crippen molar-refractivity contribution in [1.29, 1.82) is 0 Å². The van der Waals surface area contributed by atoms with Crippen LogP contribution < -0.4 is 0 Å². The Labute approximate surface area is 103 Å². The maximum absolute atomic E-state index is 3.78. The van der Waals surface area contributed by atoms with E-state index in [9.17, 15) is 0 Å². The van der Waals surface area contributed by atoms with Crippen LogP contribution in [0.5, 0.6) is 0 Å². The second kappa shape index (κ2) is 6.08. The Hall–Kier alpha value is 0.220. The maximum Gasteiger partial charge on any atom is 0.0148 e. The molecule has 0 saturated heterocycles. The van der Waals surface area contributed by atoms with E-state index in [0.29, 0.717) is 0 Å². The molecule has 0 aromatic carbocycles. The number of alkyl halides is 1. The van der Waals surface area contributed by atoms with Crippen LogP contribution in [-0.4, -0.2) is 4.83 Å². The average Bonchev–Trinajstić information content (AvgIpc) is 2.28. The van der Waals surface area contributed by atoms with Crippen molar-refractivity contribution in [3.05, 3.63) is 11.6 Å². The van der Waals surface area contributed by atoms with Gasteiger partial charge in [-0.15, -0.1) is 0 Å². The quantitative estimate of drug-likeness (QED) is 0.487. The summed E-state index contributed by atoms with van der Waals surface area (Å²) in [5.74, 6) is 1.01. The van der Waals surface area contributed by atoms with Crippen LogP contribution in [0, 0.1) is 5.92 Å². The second-order valence-corrected chi connectivity index (χ2v) is 6.57. The van der Waals surface area contributed by atoms with E-state index >= 15 is 0 Å². The molecule has 2 unspecified atom stereocenters. The predicted molar refractivity (Wildman–Crippen MR) is 70.5 cm³/mol. The summed E-state index contributed by atoms with van der Waals surface area (Å²) >= 11 is 3.78. The zero-order chi connectivity index (χ0) is 10.5. The van der Waals surface area contributed by atoms with Gasteiger partial charge in [-0.2, -0.15) is 0 Å². The van der Waals surface area contributed by atoms with E-state index in [1.165, 1.54) is 64.2 Å². The molecule has 2 atom stereocenters. The van der Waals surface area contributed by atoms with Crippen LogP contribution in [-0.2, 0) is 0 Å². The minimum absolute atomic E-state index is 0.816. The molecule has 0 aromatic heterocycles. The van der Waals surface area contributed by atoms with E-state index < -0.39 is 0 Å². The minimum Gasteiger partial charge on any atom is -0.0891 e. The van der Waals surface area contributed by atoms with Crippen molar-refractivity contribution < 1.29 is 0 Å². The van der Waals surface area contributed by atoms with Crippen LogP contribution in [0.25, 0.3) is 0 Å². The Kier molecular flexibility index (Phi) is 4.74. The Bertz CT molecular complexity index is 219. The smallest absolute Gasteiger partial charge is 0.0148 e. The first-order valence-electron chi connectivity index (χ1n) is 6.66. The van der Waals surface area contributed by atoms with Gasteiger partial charge < -0.3 is 0 Å². The van der Waals surface area contributed by atoms with Gasteiger partial charge in [-0.3, -0.25) is 0 Å². The molecule has 86 valence electrons. The van der Waals surface area contributed by atoms with Crippen molar-refractivity contribution >= 4 is 15.9 Å². The molecule has 1 heteroatoms. The van der Waals surface area contributed by atoms with E-state index in [1.807, 2.05) is 0 Å². The molecule has 0 N–H and O–H groups in total. The molecule has 0 aromatic rings. The summed E-state index contributed by atoms with van der Waals surface area (Å²) in [5.41, 5.74) is 1.76. The lowest BCUT2D eigenvalue weighted by Gasteiger charge is -2.26. The number of halogens is 1. The molecule has 0 aliphatic heterocycles. The van der Waals surface area contributed by atoms with E-state index in [0.717, 1.165) is 10.7 Å². The molecule has 1 fully saturated rings. The third-order valence-corrected chi connectivity index (χ3v) is 4.81. The lowest BCUT2D eigenvalue weighted by atomic mass is 9.84. The van der Waals surface area contributed by atoms with Gasteiger partial charge in [0.2, 0.25) is 0 Å². The van der Waals surface area contributed by atoms with Gasteiger partial charge in [-0.25, -0.2) is 0 Å². The van der Waals surface area contributed by atoms with Gasteiger partial charge in [0.15, 0.2) is 0 Å². The molecule has 0 spiro atoms. The van der Waals surface area contributed by atoms with Crippen LogP contribution in [0.1, 0.15) is 64.2 Å². The van der Waals surface area contributed by atoms with Crippen molar-refractivity contribution in [2.45, 2.75) is 69.0 Å². The molecular formula is C14H23Br. The Morgan fingerprint density at radius 1 is 1.20 bits per heavy atom. The monoisotopic (exact) mass is 270 g/mol. The predicted octanol–water partition coefficient (Wildman–Crippen LogP) is 5.22. The first-order chi connectivity index (χ1) is 7.34. The first kappa shape index (κ1) is 11.7. The fourth-order valence-corrected chi connectivity index (χ4v) is 3.86. The van der Waals surface area contributed by atoms with Crippen molar-refractivity contribution in [2.24, 2.45) is 5.92 Å². The zero-order valence-corrected chi connectivity index (χ0v) is 11.3. The summed E-state index contributed by atoms with van der Waals surface area (Å²) in [4.78, 5) is 0.816. The number of allylic oxidation sites excluding steroid dienone is 2. The molecule has 0 amide bonds. The summed E-state index contributed by atoms with van der Waals surface area (Å²) in [6, 6.07) is 0. The highest BCUT2D eigenvalue weighted by atomic mass is 79.9. The van der Waals surface area contributed by atoms with Crippen molar-refractivity contribution in [3.63, 3.8) is 0 Å². The van der Waals surface area contributed by atoms with Crippen molar-refractivity contribution in [3.8, 4) is 0 Å². The standard InChI is InChI=1S/C14H23Br/c15-14-8-4-7-13(11-14)10-9-12-5-2-1-3-6-12/h5,13-14H,1-4,6-11H2. The lowest BCUT2D eigenvalue weighted by Crippen LogP contribution is -2.15. The number of hydrogen-bond donors (Lipinski definition) is 0. The highest BCUT2D eigenvalue weighted by Gasteiger charge is 2.19. The van der Waals surface area contributed by atoms with Crippen molar-refractivity contribution in [1.82, 2.24) is 0 Å². The third kappa shape index (κ3) is 3.94. The van der Waals surface area contributed by atoms with Crippen LogP contribution in [0.4, 0.5) is 0 Å². The van der Waals surface area contributed by atoms with Gasteiger partial charge in [-0.1, -0.05) is 40.4 Å². The molecule has 0 nitrogen and oxygen atoms in total. The zero-order valence-electron chi connectivity index (χ0n) is 9.68. The first-order valence-corrected chi connectivity index (χ1v) is 7.58. The summed E-state index contributed by atoms with van der Waals surface area (Å²) in [5, 5.41) is 0. The third-order valence-electron chi connectivity index (χ3n) is 3.98. The van der Waals surface area contributed by atoms with E-state index in [4.69, 9.17) is 0 Å². The van der Waals surface area contributed by atoms with Gasteiger partial charge in [0.05, 0.1) is 0 Å². The topological polar surface area (TPSA) is 0 Å². The largest absolute Gasteiger partial charge is 0.0891 e. The van der Waals surface area contributed by atoms with Crippen molar-refractivity contribution in [2.75, 3.05) is 0 Å². The van der Waals surface area contributed by atoms with E-state index in [2.05, 4.69) is 22.0 Å². The van der Waals surface area contributed by atoms with Gasteiger partial charge in [0.1, 0.15) is 0 Å². The summed E-state index contributed by atoms with van der Waals surface area (Å²) in [7, 11) is 0. The summed E-state index contributed by atoms with van der Waals surface area (Å²) < 4.78 is 0. The fourth-order valence-electron chi connectivity index (χ4n) is 3.01. The van der Waals surface area contributed by atoms with Gasteiger partial charge in [0, 0.05) is 4.83 Å². The molecule has 1 saturated carbocycles. The van der Waals surface area contributed by atoms with Crippen LogP contribution >= 0.6 is 15.9 Å². The number of rotatable bonds is 3.